The summed E-state index contributed by atoms with van der Waals surface area (Å²) in [7, 11) is -4.98. The van der Waals surface area contributed by atoms with E-state index >= 15 is 0 Å². The number of ether oxygens (including phenoxy) is 1. The number of halogens is 1. The molecule has 1 saturated heterocycles. The van der Waals surface area contributed by atoms with Crippen LogP contribution >= 0.6 is 19.4 Å². The third kappa shape index (κ3) is 5.76. The van der Waals surface area contributed by atoms with E-state index in [4.69, 9.17) is 36.0 Å². The Bertz CT molecular complexity index is 1340. The number of carbonyl (C=O) groups is 1. The Morgan fingerprint density at radius 2 is 2.05 bits per heavy atom. The molecule has 4 N–H and O–H groups in total. The van der Waals surface area contributed by atoms with E-state index in [2.05, 4.69) is 15.0 Å². The molecular formula is C22H28ClN6O8P. The van der Waals surface area contributed by atoms with Crippen molar-refractivity contribution in [3.05, 3.63) is 41.9 Å². The lowest BCUT2D eigenvalue weighted by atomic mass is 10.1. The van der Waals surface area contributed by atoms with Gasteiger partial charge < -0.3 is 20.1 Å². The van der Waals surface area contributed by atoms with Gasteiger partial charge in [0.25, 0.3) is 0 Å². The number of hydrogen-bond donors (Lipinski definition) is 3. The van der Waals surface area contributed by atoms with Crippen LogP contribution in [0.15, 0.2) is 36.7 Å². The average Bonchev–Trinajstić information content (AvgIpc) is 3.46. The third-order valence-corrected chi connectivity index (χ3v) is 6.92. The number of aromatic nitrogens is 4. The van der Waals surface area contributed by atoms with E-state index in [9.17, 15) is 19.4 Å². The van der Waals surface area contributed by atoms with E-state index in [1.54, 1.807) is 37.3 Å². The van der Waals surface area contributed by atoms with Gasteiger partial charge in [0.2, 0.25) is 5.28 Å². The molecule has 3 aromatic rings. The summed E-state index contributed by atoms with van der Waals surface area (Å²) in [4.78, 5) is 41.3. The van der Waals surface area contributed by atoms with Crippen molar-refractivity contribution in [1.29, 1.82) is 0 Å². The van der Waals surface area contributed by atoms with Crippen LogP contribution in [0.25, 0.3) is 11.2 Å². The van der Waals surface area contributed by atoms with Gasteiger partial charge in [0, 0.05) is 6.42 Å². The molecule has 1 aromatic carbocycles. The second-order valence-electron chi connectivity index (χ2n) is 8.85. The van der Waals surface area contributed by atoms with E-state index in [1.807, 2.05) is 0 Å². The highest BCUT2D eigenvalue weighted by Crippen LogP contribution is 2.49. The predicted molar refractivity (Wildman–Crippen MR) is 136 cm³/mol. The maximum Gasteiger partial charge on any atom is 0.530 e. The van der Waals surface area contributed by atoms with Crippen molar-refractivity contribution < 1.29 is 38.0 Å². The van der Waals surface area contributed by atoms with Gasteiger partial charge in [-0.2, -0.15) is 9.97 Å². The van der Waals surface area contributed by atoms with Crippen LogP contribution in [0.4, 0.5) is 11.5 Å². The number of carbonyl (C=O) groups excluding carboxylic acids is 1. The predicted octanol–water partition coefficient (Wildman–Crippen LogP) is 2.61. The lowest BCUT2D eigenvalue weighted by Gasteiger charge is -2.36. The molecule has 0 spiro atoms. The molecule has 2 aromatic heterocycles. The largest absolute Gasteiger partial charge is 0.530 e. The van der Waals surface area contributed by atoms with Gasteiger partial charge >= 0.3 is 13.8 Å². The average molecular weight is 571 g/mol. The molecule has 1 unspecified atom stereocenters. The van der Waals surface area contributed by atoms with E-state index in [0.29, 0.717) is 5.69 Å². The number of anilines is 2. The van der Waals surface area contributed by atoms with Crippen molar-refractivity contribution in [3.63, 3.8) is 0 Å². The van der Waals surface area contributed by atoms with E-state index < -0.39 is 44.4 Å². The van der Waals surface area contributed by atoms with Crippen molar-refractivity contribution in [2.45, 2.75) is 51.2 Å². The van der Waals surface area contributed by atoms with E-state index in [0.717, 1.165) is 0 Å². The van der Waals surface area contributed by atoms with Crippen LogP contribution in [0, 0.1) is 0 Å². The molecular weight excluding hydrogens is 543 g/mol. The molecule has 1 aliphatic rings. The molecule has 0 bridgehead atoms. The molecule has 3 heterocycles. The Hall–Kier alpha value is -2.84. The number of nitrogens with zero attached hydrogens (tertiary/aromatic N) is 5. The number of hydrogen-bond acceptors (Lipinski definition) is 12. The molecule has 1 fully saturated rings. The van der Waals surface area contributed by atoms with Gasteiger partial charge in [-0.05, 0) is 44.5 Å². The number of phosphoric acid groups is 1. The van der Waals surface area contributed by atoms with E-state index in [-0.39, 0.29) is 35.3 Å². The summed E-state index contributed by atoms with van der Waals surface area (Å²) in [6.07, 6.45) is -1.59. The molecule has 14 nitrogen and oxygen atoms in total. The number of phosphoric ester groups is 1. The highest BCUT2D eigenvalue weighted by atomic mass is 35.5. The minimum absolute atomic E-state index is 0.0151. The minimum atomic E-state index is -4.98. The van der Waals surface area contributed by atoms with Crippen molar-refractivity contribution in [3.8, 4) is 0 Å². The van der Waals surface area contributed by atoms with Crippen molar-refractivity contribution in [2.75, 3.05) is 24.0 Å². The summed E-state index contributed by atoms with van der Waals surface area (Å²) in [5.41, 5.74) is 5.41. The zero-order valence-corrected chi connectivity index (χ0v) is 22.5. The van der Waals surface area contributed by atoms with Crippen LogP contribution in [0.5, 0.6) is 0 Å². The summed E-state index contributed by atoms with van der Waals surface area (Å²) >= 11 is 5.92. The second-order valence-corrected chi connectivity index (χ2v) is 10.5. The molecule has 0 amide bonds. The molecule has 1 aliphatic heterocycles. The SMILES string of the molecule is CCON(c1ccccc1)C(C)(C)C(=O)OP(=O)(O)O[C@H]1C[C@H](n2cnc3c(N)nc(Cl)nc32)O[C@@H]1CO. The van der Waals surface area contributed by atoms with Crippen LogP contribution in [0.2, 0.25) is 5.28 Å². The Morgan fingerprint density at radius 1 is 1.34 bits per heavy atom. The quantitative estimate of drug-likeness (QED) is 0.184. The van der Waals surface area contributed by atoms with Gasteiger partial charge in [0.05, 0.1) is 25.2 Å². The topological polar surface area (TPSA) is 184 Å². The number of aliphatic hydroxyl groups excluding tert-OH is 1. The number of rotatable bonds is 10. The number of fused-ring (bicyclic) bond motifs is 1. The van der Waals surface area contributed by atoms with Gasteiger partial charge in [-0.1, -0.05) is 18.2 Å². The number of para-hydroxylation sites is 1. The molecule has 0 aliphatic carbocycles. The number of benzene rings is 1. The molecule has 206 valence electrons. The standard InChI is InChI=1S/C22H28ClN6O8P/c1-4-34-29(13-8-6-5-7-9-13)22(2,3)20(31)37-38(32,33)36-14-10-16(35-15(14)11-30)28-12-25-17-18(24)26-21(23)27-19(17)28/h5-9,12,14-16,30H,4,10-11H2,1-3H3,(H,32,33)(H2,24,26,27)/t14-,15+,16+/m0/s1. The summed E-state index contributed by atoms with van der Waals surface area (Å²) < 4.78 is 30.5. The minimum Gasteiger partial charge on any atom is -0.394 e. The molecule has 0 radical (unpaired) electrons. The van der Waals surface area contributed by atoms with Crippen LogP contribution in [-0.4, -0.2) is 66.4 Å². The Kier molecular flexibility index (Phi) is 8.23. The van der Waals surface area contributed by atoms with Gasteiger partial charge in [0.15, 0.2) is 17.0 Å². The van der Waals surface area contributed by atoms with Gasteiger partial charge in [-0.25, -0.2) is 19.4 Å². The second kappa shape index (κ2) is 11.1. The zero-order chi connectivity index (χ0) is 27.7. The first-order valence-corrected chi connectivity index (χ1v) is 13.5. The Labute approximate surface area is 222 Å². The van der Waals surface area contributed by atoms with Gasteiger partial charge in [-0.15, -0.1) is 0 Å². The smallest absolute Gasteiger partial charge is 0.394 e. The summed E-state index contributed by atoms with van der Waals surface area (Å²) in [6.45, 7) is 4.37. The number of nitrogen functional groups attached to an aromatic ring is 1. The Balaban J connectivity index is 1.49. The lowest BCUT2D eigenvalue weighted by Crippen LogP contribution is -2.51. The number of hydroxylamine groups is 1. The highest BCUT2D eigenvalue weighted by Gasteiger charge is 2.46. The van der Waals surface area contributed by atoms with Gasteiger partial charge in [-0.3, -0.25) is 18.8 Å². The normalized spacial score (nSPS) is 21.4. The first-order chi connectivity index (χ1) is 18.0. The van der Waals surface area contributed by atoms with Crippen molar-refractivity contribution in [2.24, 2.45) is 0 Å². The fraction of sp³-hybridized carbons (Fsp3) is 0.455. The molecule has 0 saturated carbocycles. The lowest BCUT2D eigenvalue weighted by molar-refractivity contribution is -0.145. The fourth-order valence-electron chi connectivity index (χ4n) is 4.01. The maximum atomic E-state index is 13.1. The molecule has 16 heteroatoms. The molecule has 38 heavy (non-hydrogen) atoms. The summed E-state index contributed by atoms with van der Waals surface area (Å²) in [6, 6.07) is 8.74. The first-order valence-electron chi connectivity index (χ1n) is 11.6. The summed E-state index contributed by atoms with van der Waals surface area (Å²) in [5.74, 6) is -1.01. The highest BCUT2D eigenvalue weighted by molar-refractivity contribution is 7.48. The monoisotopic (exact) mass is 570 g/mol. The van der Waals surface area contributed by atoms with Crippen molar-refractivity contribution >= 4 is 48.1 Å². The number of imidazole rings is 1. The van der Waals surface area contributed by atoms with Crippen LogP contribution in [-0.2, 0) is 28.0 Å². The molecule has 4 atom stereocenters. The van der Waals surface area contributed by atoms with Crippen molar-refractivity contribution in [1.82, 2.24) is 19.5 Å². The molecule has 4 rings (SSSR count). The first kappa shape index (κ1) is 28.2. The van der Waals surface area contributed by atoms with Crippen LogP contribution < -0.4 is 10.8 Å². The summed E-state index contributed by atoms with van der Waals surface area (Å²) in [5, 5.41) is 11.0. The van der Waals surface area contributed by atoms with Crippen LogP contribution in [0.1, 0.15) is 33.4 Å². The number of nitrogens with two attached hydrogens (primary N) is 1. The number of aliphatic hydroxyl groups is 1. The Morgan fingerprint density at radius 3 is 2.71 bits per heavy atom. The van der Waals surface area contributed by atoms with Gasteiger partial charge in [0.1, 0.15) is 24.0 Å². The van der Waals surface area contributed by atoms with E-state index in [1.165, 1.54) is 29.8 Å². The van der Waals surface area contributed by atoms with Crippen LogP contribution in [0.3, 0.4) is 0 Å². The third-order valence-electron chi connectivity index (χ3n) is 5.81. The zero-order valence-electron chi connectivity index (χ0n) is 20.8. The maximum absolute atomic E-state index is 13.1. The fourth-order valence-corrected chi connectivity index (χ4v) is 5.22.